The van der Waals surface area contributed by atoms with Gasteiger partial charge in [0.1, 0.15) is 0 Å². The van der Waals surface area contributed by atoms with Gasteiger partial charge in [-0.05, 0) is 0 Å². The zero-order chi connectivity index (χ0) is 9.90. The monoisotopic (exact) mass is 240 g/mol. The van der Waals surface area contributed by atoms with Crippen molar-refractivity contribution in [2.75, 3.05) is 7.11 Å². The standard InChI is InChI=1S/C11H18GeO/c1-12(2,3)9-10-5-7-11(13-4)8-6-10/h5-8H,9H2,1-4H3. The zero-order valence-corrected chi connectivity index (χ0v) is 11.0. The molecule has 0 radical (unpaired) electrons. The van der Waals surface area contributed by atoms with Gasteiger partial charge in [0.05, 0.1) is 0 Å². The fourth-order valence-electron chi connectivity index (χ4n) is 1.36. The van der Waals surface area contributed by atoms with E-state index in [0.29, 0.717) is 0 Å². The number of ether oxygens (including phenoxy) is 1. The van der Waals surface area contributed by atoms with E-state index in [0.717, 1.165) is 5.75 Å². The number of benzene rings is 1. The Kier molecular flexibility index (Phi) is 3.42. The maximum absolute atomic E-state index is 5.11. The van der Waals surface area contributed by atoms with Crippen molar-refractivity contribution in [3.05, 3.63) is 29.8 Å². The average Bonchev–Trinajstić information content (AvgIpc) is 2.03. The minimum atomic E-state index is -1.43. The normalized spacial score (nSPS) is 11.4. The van der Waals surface area contributed by atoms with Gasteiger partial charge in [-0.25, -0.2) is 0 Å². The molecule has 1 aromatic rings. The Hall–Kier alpha value is -0.437. The first kappa shape index (κ1) is 10.6. The first-order valence-corrected chi connectivity index (χ1v) is 12.4. The van der Waals surface area contributed by atoms with Crippen molar-refractivity contribution in [1.29, 1.82) is 0 Å². The van der Waals surface area contributed by atoms with Gasteiger partial charge in [-0.1, -0.05) is 0 Å². The van der Waals surface area contributed by atoms with Crippen molar-refractivity contribution in [3.63, 3.8) is 0 Å². The van der Waals surface area contributed by atoms with Gasteiger partial charge in [-0.3, -0.25) is 0 Å². The van der Waals surface area contributed by atoms with Crippen molar-refractivity contribution >= 4 is 13.3 Å². The van der Waals surface area contributed by atoms with Gasteiger partial charge in [0, 0.05) is 0 Å². The van der Waals surface area contributed by atoms with Crippen LogP contribution in [0.15, 0.2) is 24.3 Å². The second kappa shape index (κ2) is 4.18. The zero-order valence-electron chi connectivity index (χ0n) is 8.92. The molecular formula is C11H18GeO. The van der Waals surface area contributed by atoms with E-state index >= 15 is 0 Å². The van der Waals surface area contributed by atoms with Gasteiger partial charge >= 0.3 is 83.2 Å². The van der Waals surface area contributed by atoms with Crippen LogP contribution in [0.3, 0.4) is 0 Å². The first-order valence-electron chi connectivity index (χ1n) is 4.64. The summed E-state index contributed by atoms with van der Waals surface area (Å²) >= 11 is -1.43. The summed E-state index contributed by atoms with van der Waals surface area (Å²) in [5.74, 6) is 8.25. The molecule has 0 unspecified atom stereocenters. The molecule has 0 heterocycles. The summed E-state index contributed by atoms with van der Waals surface area (Å²) in [6.45, 7) is 0. The van der Waals surface area contributed by atoms with Gasteiger partial charge in [0.2, 0.25) is 0 Å². The summed E-state index contributed by atoms with van der Waals surface area (Å²) in [5.41, 5.74) is 1.45. The SMILES string of the molecule is COc1ccc([CH2][Ge]([CH3])([CH3])[CH3])cc1. The van der Waals surface area contributed by atoms with Crippen LogP contribution < -0.4 is 4.74 Å². The van der Waals surface area contributed by atoms with E-state index in [1.807, 2.05) is 12.1 Å². The second-order valence-corrected chi connectivity index (χ2v) is 16.1. The van der Waals surface area contributed by atoms with Crippen molar-refractivity contribution < 1.29 is 4.74 Å². The second-order valence-electron chi connectivity index (χ2n) is 4.59. The van der Waals surface area contributed by atoms with Crippen molar-refractivity contribution in [2.45, 2.75) is 22.5 Å². The average molecular weight is 239 g/mol. The molecule has 0 aliphatic rings. The summed E-state index contributed by atoms with van der Waals surface area (Å²) in [4.78, 5) is 0. The molecular weight excluding hydrogens is 221 g/mol. The van der Waals surface area contributed by atoms with E-state index in [1.54, 1.807) is 7.11 Å². The van der Waals surface area contributed by atoms with E-state index < -0.39 is 13.3 Å². The van der Waals surface area contributed by atoms with E-state index in [-0.39, 0.29) is 0 Å². The molecule has 1 nitrogen and oxygen atoms in total. The van der Waals surface area contributed by atoms with Crippen molar-refractivity contribution in [2.24, 2.45) is 0 Å². The van der Waals surface area contributed by atoms with E-state index in [1.165, 1.54) is 10.8 Å². The number of hydrogen-bond acceptors (Lipinski definition) is 1. The summed E-state index contributed by atoms with van der Waals surface area (Å²) in [7, 11) is 1.70. The molecule has 0 spiro atoms. The third-order valence-electron chi connectivity index (χ3n) is 1.89. The fourth-order valence-corrected chi connectivity index (χ4v) is 4.42. The molecule has 0 amide bonds. The predicted octanol–water partition coefficient (Wildman–Crippen LogP) is 3.12. The van der Waals surface area contributed by atoms with Crippen LogP contribution in [0.25, 0.3) is 0 Å². The molecule has 72 valence electrons. The molecule has 0 aliphatic heterocycles. The van der Waals surface area contributed by atoms with Crippen LogP contribution in [-0.4, -0.2) is 20.4 Å². The summed E-state index contributed by atoms with van der Waals surface area (Å²) in [5, 5.41) is 1.30. The van der Waals surface area contributed by atoms with Crippen LogP contribution in [0, 0.1) is 0 Å². The van der Waals surface area contributed by atoms with Crippen molar-refractivity contribution in [1.82, 2.24) is 0 Å². The van der Waals surface area contributed by atoms with E-state index in [2.05, 4.69) is 29.4 Å². The molecule has 0 aromatic heterocycles. The molecule has 0 saturated carbocycles. The van der Waals surface area contributed by atoms with Gasteiger partial charge in [0.15, 0.2) is 0 Å². The quantitative estimate of drug-likeness (QED) is 0.736. The van der Waals surface area contributed by atoms with Crippen LogP contribution >= 0.6 is 0 Å². The van der Waals surface area contributed by atoms with Crippen molar-refractivity contribution in [3.8, 4) is 5.75 Å². The molecule has 0 fully saturated rings. The Morgan fingerprint density at radius 1 is 1.08 bits per heavy atom. The number of rotatable bonds is 3. The topological polar surface area (TPSA) is 9.23 Å². The Morgan fingerprint density at radius 3 is 2.00 bits per heavy atom. The molecule has 0 atom stereocenters. The summed E-state index contributed by atoms with van der Waals surface area (Å²) < 4.78 is 5.11. The minimum absolute atomic E-state index is 0.949. The Balaban J connectivity index is 2.70. The van der Waals surface area contributed by atoms with Crippen LogP contribution in [-0.2, 0) is 5.25 Å². The molecule has 0 aliphatic carbocycles. The molecule has 0 N–H and O–H groups in total. The Bertz CT molecular complexity index is 258. The molecule has 2 heteroatoms. The Morgan fingerprint density at radius 2 is 1.62 bits per heavy atom. The van der Waals surface area contributed by atoms with E-state index in [4.69, 9.17) is 4.74 Å². The van der Waals surface area contributed by atoms with Gasteiger partial charge in [-0.2, -0.15) is 0 Å². The molecule has 0 bridgehead atoms. The Labute approximate surface area is 83.5 Å². The van der Waals surface area contributed by atoms with E-state index in [9.17, 15) is 0 Å². The van der Waals surface area contributed by atoms with Crippen LogP contribution in [0.4, 0.5) is 0 Å². The molecule has 13 heavy (non-hydrogen) atoms. The number of methoxy groups -OCH3 is 1. The third-order valence-corrected chi connectivity index (χ3v) is 4.98. The molecule has 0 saturated heterocycles. The van der Waals surface area contributed by atoms with Gasteiger partial charge in [-0.15, -0.1) is 0 Å². The molecule has 1 rings (SSSR count). The van der Waals surface area contributed by atoms with Gasteiger partial charge < -0.3 is 0 Å². The summed E-state index contributed by atoms with van der Waals surface area (Å²) in [6.07, 6.45) is 0. The molecule has 1 aromatic carbocycles. The van der Waals surface area contributed by atoms with Crippen LogP contribution in [0.2, 0.25) is 17.3 Å². The predicted molar refractivity (Wildman–Crippen MR) is 60.0 cm³/mol. The van der Waals surface area contributed by atoms with Crippen LogP contribution in [0.5, 0.6) is 5.75 Å². The number of hydrogen-bond donors (Lipinski definition) is 0. The summed E-state index contributed by atoms with van der Waals surface area (Å²) in [6, 6.07) is 8.44. The third kappa shape index (κ3) is 3.85. The fraction of sp³-hybridized carbons (Fsp3) is 0.455. The van der Waals surface area contributed by atoms with Gasteiger partial charge in [0.25, 0.3) is 0 Å². The first-order chi connectivity index (χ1) is 6.01. The van der Waals surface area contributed by atoms with Crippen LogP contribution in [0.1, 0.15) is 5.56 Å². The maximum atomic E-state index is 5.11.